The van der Waals surface area contributed by atoms with Gasteiger partial charge in [0.05, 0.1) is 31.3 Å². The summed E-state index contributed by atoms with van der Waals surface area (Å²) in [6.45, 7) is 4.79. The van der Waals surface area contributed by atoms with E-state index in [1.807, 2.05) is 32.0 Å². The summed E-state index contributed by atoms with van der Waals surface area (Å²) in [5, 5.41) is 0. The molecule has 0 bridgehead atoms. The summed E-state index contributed by atoms with van der Waals surface area (Å²) >= 11 is 6.58. The van der Waals surface area contributed by atoms with E-state index >= 15 is 0 Å². The van der Waals surface area contributed by atoms with Crippen molar-refractivity contribution in [2.24, 2.45) is 0 Å². The van der Waals surface area contributed by atoms with Crippen molar-refractivity contribution in [1.82, 2.24) is 4.90 Å². The Balaban J connectivity index is 2.34. The third kappa shape index (κ3) is 4.28. The molecule has 0 saturated carbocycles. The molecule has 24 heavy (non-hydrogen) atoms. The van der Waals surface area contributed by atoms with Crippen molar-refractivity contribution in [2.45, 2.75) is 20.0 Å². The van der Waals surface area contributed by atoms with Crippen molar-refractivity contribution in [2.75, 3.05) is 27.4 Å². The molecule has 130 valence electrons. The van der Waals surface area contributed by atoms with Crippen LogP contribution in [0.3, 0.4) is 0 Å². The molecule has 1 aliphatic heterocycles. The van der Waals surface area contributed by atoms with Crippen LogP contribution in [0.5, 0.6) is 11.5 Å². The fraction of sp³-hybridized carbons (Fsp3) is 0.412. The SMILES string of the molecule is COCCN1C(=O)/C(=C\c2cccc(OC)c2OC(C)C)SC1=S. The van der Waals surface area contributed by atoms with Crippen molar-refractivity contribution in [3.63, 3.8) is 0 Å². The van der Waals surface area contributed by atoms with Crippen LogP contribution in [0.25, 0.3) is 6.08 Å². The fourth-order valence-electron chi connectivity index (χ4n) is 2.19. The smallest absolute Gasteiger partial charge is 0.266 e. The van der Waals surface area contributed by atoms with Crippen molar-refractivity contribution < 1.29 is 19.0 Å². The number of carbonyl (C=O) groups excluding carboxylic acids is 1. The molecule has 0 aliphatic carbocycles. The highest BCUT2D eigenvalue weighted by molar-refractivity contribution is 8.26. The molecule has 2 rings (SSSR count). The Bertz CT molecular complexity index is 658. The van der Waals surface area contributed by atoms with Gasteiger partial charge in [0.1, 0.15) is 4.32 Å². The lowest BCUT2D eigenvalue weighted by atomic mass is 10.1. The number of amides is 1. The molecule has 0 aromatic heterocycles. The number of ether oxygens (including phenoxy) is 3. The summed E-state index contributed by atoms with van der Waals surface area (Å²) in [6, 6.07) is 5.59. The minimum atomic E-state index is -0.111. The van der Waals surface area contributed by atoms with Crippen LogP contribution in [0.1, 0.15) is 19.4 Å². The lowest BCUT2D eigenvalue weighted by Crippen LogP contribution is -2.31. The molecule has 1 aliphatic rings. The quantitative estimate of drug-likeness (QED) is 0.544. The molecular formula is C17H21NO4S2. The Morgan fingerprint density at radius 1 is 1.33 bits per heavy atom. The van der Waals surface area contributed by atoms with Crippen molar-refractivity contribution in [1.29, 1.82) is 0 Å². The van der Waals surface area contributed by atoms with Gasteiger partial charge in [0.25, 0.3) is 5.91 Å². The van der Waals surface area contributed by atoms with E-state index in [9.17, 15) is 4.79 Å². The normalized spacial score (nSPS) is 16.4. The summed E-state index contributed by atoms with van der Waals surface area (Å²) < 4.78 is 16.8. The van der Waals surface area contributed by atoms with Gasteiger partial charge in [-0.3, -0.25) is 9.69 Å². The van der Waals surface area contributed by atoms with Crippen LogP contribution in [0.4, 0.5) is 0 Å². The molecule has 1 aromatic carbocycles. The Morgan fingerprint density at radius 2 is 2.08 bits per heavy atom. The van der Waals surface area contributed by atoms with Gasteiger partial charge in [0, 0.05) is 12.7 Å². The van der Waals surface area contributed by atoms with E-state index in [-0.39, 0.29) is 12.0 Å². The number of benzene rings is 1. The minimum absolute atomic E-state index is 0.00957. The molecule has 0 spiro atoms. The third-order valence-corrected chi connectivity index (χ3v) is 4.64. The lowest BCUT2D eigenvalue weighted by molar-refractivity contribution is -0.122. The highest BCUT2D eigenvalue weighted by Crippen LogP contribution is 2.37. The molecule has 0 radical (unpaired) electrons. The molecule has 1 amide bonds. The van der Waals surface area contributed by atoms with Crippen LogP contribution >= 0.6 is 24.0 Å². The van der Waals surface area contributed by atoms with Gasteiger partial charge in [-0.25, -0.2) is 0 Å². The topological polar surface area (TPSA) is 48.0 Å². The molecular weight excluding hydrogens is 346 g/mol. The number of nitrogens with zero attached hydrogens (tertiary/aromatic N) is 1. The van der Waals surface area contributed by atoms with Gasteiger partial charge in [-0.05, 0) is 26.0 Å². The van der Waals surface area contributed by atoms with Crippen molar-refractivity contribution in [3.8, 4) is 11.5 Å². The Kier molecular flexibility index (Phi) is 6.65. The van der Waals surface area contributed by atoms with Gasteiger partial charge >= 0.3 is 0 Å². The van der Waals surface area contributed by atoms with E-state index in [0.29, 0.717) is 33.9 Å². The van der Waals surface area contributed by atoms with Gasteiger partial charge in [-0.1, -0.05) is 36.1 Å². The van der Waals surface area contributed by atoms with E-state index in [4.69, 9.17) is 26.4 Å². The maximum Gasteiger partial charge on any atom is 0.266 e. The van der Waals surface area contributed by atoms with Gasteiger partial charge in [0.15, 0.2) is 11.5 Å². The van der Waals surface area contributed by atoms with Gasteiger partial charge < -0.3 is 14.2 Å². The molecule has 7 heteroatoms. The third-order valence-electron chi connectivity index (χ3n) is 3.26. The molecule has 5 nitrogen and oxygen atoms in total. The first-order chi connectivity index (χ1) is 11.5. The zero-order valence-electron chi connectivity index (χ0n) is 14.2. The van der Waals surface area contributed by atoms with Gasteiger partial charge in [-0.15, -0.1) is 0 Å². The first-order valence-corrected chi connectivity index (χ1v) is 8.78. The number of thioether (sulfide) groups is 1. The number of hydrogen-bond acceptors (Lipinski definition) is 6. The summed E-state index contributed by atoms with van der Waals surface area (Å²) in [4.78, 5) is 14.7. The largest absolute Gasteiger partial charge is 0.493 e. The van der Waals surface area contributed by atoms with Crippen LogP contribution in [-0.4, -0.2) is 48.6 Å². The average molecular weight is 367 g/mol. The predicted molar refractivity (Wildman–Crippen MR) is 101 cm³/mol. The first-order valence-electron chi connectivity index (χ1n) is 7.56. The summed E-state index contributed by atoms with van der Waals surface area (Å²) in [6.07, 6.45) is 1.79. The molecule has 1 heterocycles. The fourth-order valence-corrected chi connectivity index (χ4v) is 3.49. The van der Waals surface area contributed by atoms with Crippen LogP contribution in [0.2, 0.25) is 0 Å². The predicted octanol–water partition coefficient (Wildman–Crippen LogP) is 3.33. The van der Waals surface area contributed by atoms with Crippen LogP contribution in [0, 0.1) is 0 Å². The van der Waals surface area contributed by atoms with Gasteiger partial charge in [0.2, 0.25) is 0 Å². The van der Waals surface area contributed by atoms with Crippen LogP contribution < -0.4 is 9.47 Å². The monoisotopic (exact) mass is 367 g/mol. The standard InChI is InChI=1S/C17H21NO4S2/c1-11(2)22-15-12(6-5-7-13(15)21-4)10-14-16(19)18(8-9-20-3)17(23)24-14/h5-7,10-11H,8-9H2,1-4H3/b14-10+. The van der Waals surface area contributed by atoms with E-state index in [1.54, 1.807) is 25.2 Å². The maximum absolute atomic E-state index is 12.5. The number of rotatable bonds is 7. The van der Waals surface area contributed by atoms with E-state index < -0.39 is 0 Å². The highest BCUT2D eigenvalue weighted by atomic mass is 32.2. The second kappa shape index (κ2) is 8.50. The van der Waals surface area contributed by atoms with E-state index in [0.717, 1.165) is 5.56 Å². The second-order valence-electron chi connectivity index (χ2n) is 5.37. The molecule has 1 aromatic rings. The molecule has 0 unspecified atom stereocenters. The second-order valence-corrected chi connectivity index (χ2v) is 7.05. The number of methoxy groups -OCH3 is 2. The summed E-state index contributed by atoms with van der Waals surface area (Å²) in [7, 11) is 3.19. The molecule has 0 atom stereocenters. The Hall–Kier alpha value is -1.57. The van der Waals surface area contributed by atoms with Crippen molar-refractivity contribution >= 4 is 40.3 Å². The summed E-state index contributed by atoms with van der Waals surface area (Å²) in [5.41, 5.74) is 0.787. The van der Waals surface area contributed by atoms with E-state index in [2.05, 4.69) is 0 Å². The minimum Gasteiger partial charge on any atom is -0.493 e. The zero-order valence-corrected chi connectivity index (χ0v) is 15.8. The number of carbonyl (C=O) groups is 1. The van der Waals surface area contributed by atoms with Gasteiger partial charge in [-0.2, -0.15) is 0 Å². The first kappa shape index (κ1) is 18.8. The number of thiocarbonyl (C=S) groups is 1. The lowest BCUT2D eigenvalue weighted by Gasteiger charge is -2.16. The molecule has 1 fully saturated rings. The van der Waals surface area contributed by atoms with E-state index in [1.165, 1.54) is 11.8 Å². The highest BCUT2D eigenvalue weighted by Gasteiger charge is 2.32. The summed E-state index contributed by atoms with van der Waals surface area (Å²) in [5.74, 6) is 1.14. The average Bonchev–Trinajstić information content (AvgIpc) is 2.80. The van der Waals surface area contributed by atoms with Crippen LogP contribution in [-0.2, 0) is 9.53 Å². The zero-order chi connectivity index (χ0) is 17.7. The number of hydrogen-bond donors (Lipinski definition) is 0. The molecule has 1 saturated heterocycles. The van der Waals surface area contributed by atoms with Crippen LogP contribution in [0.15, 0.2) is 23.1 Å². The Labute approximate surface area is 151 Å². The van der Waals surface area contributed by atoms with Crippen molar-refractivity contribution in [3.05, 3.63) is 28.7 Å². The number of para-hydroxylation sites is 1. The molecule has 0 N–H and O–H groups in total. The maximum atomic E-state index is 12.5. The Morgan fingerprint density at radius 3 is 2.71 bits per heavy atom.